The van der Waals surface area contributed by atoms with E-state index in [1.54, 1.807) is 6.92 Å². The van der Waals surface area contributed by atoms with Gasteiger partial charge in [0.25, 0.3) is 0 Å². The van der Waals surface area contributed by atoms with E-state index in [9.17, 15) is 4.79 Å². The summed E-state index contributed by atoms with van der Waals surface area (Å²) < 4.78 is 0. The molecule has 0 aromatic carbocycles. The first kappa shape index (κ1) is 13.5. The van der Waals surface area contributed by atoms with Crippen LogP contribution >= 0.6 is 0 Å². The minimum Gasteiger partial charge on any atom is -0.481 e. The van der Waals surface area contributed by atoms with E-state index in [0.717, 1.165) is 18.4 Å². The molecule has 1 rings (SSSR count). The van der Waals surface area contributed by atoms with E-state index in [-0.39, 0.29) is 5.92 Å². The quantitative estimate of drug-likeness (QED) is 0.784. The van der Waals surface area contributed by atoms with Gasteiger partial charge in [-0.3, -0.25) is 4.79 Å². The van der Waals surface area contributed by atoms with Gasteiger partial charge in [0, 0.05) is 13.1 Å². The van der Waals surface area contributed by atoms with E-state index >= 15 is 0 Å². The normalized spacial score (nSPS) is 28.0. The third-order valence-corrected chi connectivity index (χ3v) is 3.62. The molecule has 0 aromatic rings. The predicted molar refractivity (Wildman–Crippen MR) is 65.4 cm³/mol. The molecule has 0 aromatic heterocycles. The molecule has 0 spiro atoms. The molecule has 3 atom stereocenters. The van der Waals surface area contributed by atoms with Gasteiger partial charge in [0.05, 0.1) is 5.92 Å². The summed E-state index contributed by atoms with van der Waals surface area (Å²) in [7, 11) is 2.04. The molecule has 3 nitrogen and oxygen atoms in total. The Morgan fingerprint density at radius 1 is 1.50 bits per heavy atom. The lowest BCUT2D eigenvalue weighted by Gasteiger charge is -2.30. The van der Waals surface area contributed by atoms with Crippen molar-refractivity contribution in [3.63, 3.8) is 0 Å². The van der Waals surface area contributed by atoms with Crippen LogP contribution in [0.3, 0.4) is 0 Å². The van der Waals surface area contributed by atoms with Gasteiger partial charge in [-0.2, -0.15) is 0 Å². The molecule has 94 valence electrons. The summed E-state index contributed by atoms with van der Waals surface area (Å²) in [6, 6.07) is 0. The van der Waals surface area contributed by atoms with E-state index in [1.807, 2.05) is 7.05 Å². The van der Waals surface area contributed by atoms with Gasteiger partial charge < -0.3 is 10.0 Å². The molecule has 0 saturated heterocycles. The summed E-state index contributed by atoms with van der Waals surface area (Å²) >= 11 is 0. The van der Waals surface area contributed by atoms with Crippen LogP contribution in [0.2, 0.25) is 0 Å². The summed E-state index contributed by atoms with van der Waals surface area (Å²) in [4.78, 5) is 12.9. The zero-order chi connectivity index (χ0) is 12.1. The molecule has 0 radical (unpaired) electrons. The Hall–Kier alpha value is -0.570. The summed E-state index contributed by atoms with van der Waals surface area (Å²) in [6.45, 7) is 5.83. The number of hydrogen-bond acceptors (Lipinski definition) is 2. The molecule has 16 heavy (non-hydrogen) atoms. The van der Waals surface area contributed by atoms with E-state index in [1.165, 1.54) is 25.7 Å². The molecule has 1 fully saturated rings. The molecular weight excluding hydrogens is 202 g/mol. The fourth-order valence-corrected chi connectivity index (χ4v) is 2.79. The lowest BCUT2D eigenvalue weighted by molar-refractivity contribution is -0.141. The molecule has 0 aliphatic heterocycles. The molecule has 1 N–H and O–H groups in total. The standard InChI is InChI=1S/C13H25NO2/c1-10-5-4-6-12(7-10)9-14(3)8-11(2)13(15)16/h10-12H,4-9H2,1-3H3,(H,15,16). The van der Waals surface area contributed by atoms with Gasteiger partial charge in [-0.25, -0.2) is 0 Å². The number of carboxylic acid groups (broad SMARTS) is 1. The monoisotopic (exact) mass is 227 g/mol. The summed E-state index contributed by atoms with van der Waals surface area (Å²) in [5.74, 6) is 0.675. The smallest absolute Gasteiger partial charge is 0.307 e. The minimum absolute atomic E-state index is 0.258. The third-order valence-electron chi connectivity index (χ3n) is 3.62. The Balaban J connectivity index is 2.27. The van der Waals surface area contributed by atoms with Crippen LogP contribution < -0.4 is 0 Å². The fourth-order valence-electron chi connectivity index (χ4n) is 2.79. The van der Waals surface area contributed by atoms with Crippen molar-refractivity contribution in [2.75, 3.05) is 20.1 Å². The SMILES string of the molecule is CC1CCCC(CN(C)CC(C)C(=O)O)C1. The van der Waals surface area contributed by atoms with Crippen molar-refractivity contribution in [1.29, 1.82) is 0 Å². The number of nitrogens with zero attached hydrogens (tertiary/aromatic N) is 1. The van der Waals surface area contributed by atoms with Gasteiger partial charge in [-0.05, 0) is 31.7 Å². The van der Waals surface area contributed by atoms with Crippen LogP contribution in [0.5, 0.6) is 0 Å². The first-order valence-electron chi connectivity index (χ1n) is 6.40. The van der Waals surface area contributed by atoms with Crippen molar-refractivity contribution in [3.05, 3.63) is 0 Å². The number of carbonyl (C=O) groups is 1. The Morgan fingerprint density at radius 2 is 2.19 bits per heavy atom. The van der Waals surface area contributed by atoms with Crippen LogP contribution in [0.4, 0.5) is 0 Å². The Kier molecular flexibility index (Phi) is 5.26. The highest BCUT2D eigenvalue weighted by atomic mass is 16.4. The second-order valence-corrected chi connectivity index (χ2v) is 5.60. The maximum Gasteiger partial charge on any atom is 0.307 e. The van der Waals surface area contributed by atoms with Crippen LogP contribution in [0.25, 0.3) is 0 Å². The Morgan fingerprint density at radius 3 is 2.75 bits per heavy atom. The molecule has 3 unspecified atom stereocenters. The predicted octanol–water partition coefficient (Wildman–Crippen LogP) is 2.47. The lowest BCUT2D eigenvalue weighted by atomic mass is 9.82. The number of carboxylic acids is 1. The Labute approximate surface area is 98.8 Å². The molecule has 0 heterocycles. The average Bonchev–Trinajstić information content (AvgIpc) is 2.16. The highest BCUT2D eigenvalue weighted by molar-refractivity contribution is 5.69. The topological polar surface area (TPSA) is 40.5 Å². The van der Waals surface area contributed by atoms with Gasteiger partial charge in [-0.15, -0.1) is 0 Å². The van der Waals surface area contributed by atoms with Crippen molar-refractivity contribution < 1.29 is 9.90 Å². The van der Waals surface area contributed by atoms with Gasteiger partial charge in [0.2, 0.25) is 0 Å². The maximum absolute atomic E-state index is 10.8. The molecule has 1 saturated carbocycles. The number of aliphatic carboxylic acids is 1. The van der Waals surface area contributed by atoms with Crippen molar-refractivity contribution in [3.8, 4) is 0 Å². The zero-order valence-corrected chi connectivity index (χ0v) is 10.8. The summed E-state index contributed by atoms with van der Waals surface area (Å²) in [5.41, 5.74) is 0. The largest absolute Gasteiger partial charge is 0.481 e. The highest BCUT2D eigenvalue weighted by Gasteiger charge is 2.21. The molecular formula is C13H25NO2. The fraction of sp³-hybridized carbons (Fsp3) is 0.923. The van der Waals surface area contributed by atoms with Crippen LogP contribution in [0.15, 0.2) is 0 Å². The Bertz CT molecular complexity index is 230. The molecule has 1 aliphatic carbocycles. The summed E-state index contributed by atoms with van der Waals surface area (Å²) in [5, 5.41) is 8.85. The molecule has 1 aliphatic rings. The van der Waals surface area contributed by atoms with Crippen LogP contribution in [0, 0.1) is 17.8 Å². The first-order chi connectivity index (χ1) is 7.49. The van der Waals surface area contributed by atoms with Crippen molar-refractivity contribution in [2.24, 2.45) is 17.8 Å². The van der Waals surface area contributed by atoms with E-state index in [0.29, 0.717) is 6.54 Å². The van der Waals surface area contributed by atoms with Crippen LogP contribution in [-0.2, 0) is 4.79 Å². The van der Waals surface area contributed by atoms with Crippen molar-refractivity contribution >= 4 is 5.97 Å². The third kappa shape index (κ3) is 4.52. The minimum atomic E-state index is -0.691. The van der Waals surface area contributed by atoms with Gasteiger partial charge in [0.15, 0.2) is 0 Å². The van der Waals surface area contributed by atoms with E-state index in [2.05, 4.69) is 11.8 Å². The van der Waals surface area contributed by atoms with Crippen molar-refractivity contribution in [1.82, 2.24) is 4.90 Å². The number of rotatable bonds is 5. The average molecular weight is 227 g/mol. The van der Waals surface area contributed by atoms with Gasteiger partial charge >= 0.3 is 5.97 Å². The first-order valence-corrected chi connectivity index (χ1v) is 6.40. The van der Waals surface area contributed by atoms with Gasteiger partial charge in [0.1, 0.15) is 0 Å². The van der Waals surface area contributed by atoms with Crippen molar-refractivity contribution in [2.45, 2.75) is 39.5 Å². The second-order valence-electron chi connectivity index (χ2n) is 5.60. The molecule has 0 amide bonds. The van der Waals surface area contributed by atoms with E-state index < -0.39 is 5.97 Å². The summed E-state index contributed by atoms with van der Waals surface area (Å²) in [6.07, 6.45) is 5.34. The highest BCUT2D eigenvalue weighted by Crippen LogP contribution is 2.28. The van der Waals surface area contributed by atoms with E-state index in [4.69, 9.17) is 5.11 Å². The maximum atomic E-state index is 10.8. The zero-order valence-electron chi connectivity index (χ0n) is 10.8. The molecule has 0 bridgehead atoms. The molecule has 3 heteroatoms. The lowest BCUT2D eigenvalue weighted by Crippen LogP contribution is -2.34. The number of hydrogen-bond donors (Lipinski definition) is 1. The van der Waals surface area contributed by atoms with Gasteiger partial charge in [-0.1, -0.05) is 26.7 Å². The second kappa shape index (κ2) is 6.24. The van der Waals surface area contributed by atoms with Crippen LogP contribution in [0.1, 0.15) is 39.5 Å². The van der Waals surface area contributed by atoms with Crippen LogP contribution in [-0.4, -0.2) is 36.1 Å².